The summed E-state index contributed by atoms with van der Waals surface area (Å²) in [6, 6.07) is 3.25. The van der Waals surface area contributed by atoms with Crippen LogP contribution in [0.25, 0.3) is 0 Å². The van der Waals surface area contributed by atoms with Crippen LogP contribution in [0.5, 0.6) is 5.75 Å². The molecule has 0 spiro atoms. The number of Topliss-reactive ketones (excluding diaryl/α,β-unsaturated/α-hetero) is 2. The first-order valence-electron chi connectivity index (χ1n) is 12.1. The fourth-order valence-electron chi connectivity index (χ4n) is 6.18. The van der Waals surface area contributed by atoms with Crippen LogP contribution in [0.1, 0.15) is 48.5 Å². The van der Waals surface area contributed by atoms with E-state index in [0.29, 0.717) is 12.0 Å². The maximum absolute atomic E-state index is 13.7. The van der Waals surface area contributed by atoms with E-state index in [1.54, 1.807) is 26.0 Å². The number of fused-ring (bicyclic) bond motifs is 3. The summed E-state index contributed by atoms with van der Waals surface area (Å²) < 4.78 is 5.86. The number of aliphatic hydroxyl groups excluding tert-OH is 3. The number of carbonyl (C=O) groups excluding carboxylic acids is 3. The van der Waals surface area contributed by atoms with E-state index in [0.717, 1.165) is 0 Å². The summed E-state index contributed by atoms with van der Waals surface area (Å²) in [6.07, 6.45) is -2.93. The molecule has 1 unspecified atom stereocenters. The van der Waals surface area contributed by atoms with Crippen molar-refractivity contribution < 1.29 is 44.7 Å². The molecule has 0 saturated carbocycles. The van der Waals surface area contributed by atoms with E-state index in [4.69, 9.17) is 10.5 Å². The van der Waals surface area contributed by atoms with Crippen LogP contribution in [-0.4, -0.2) is 86.0 Å². The van der Waals surface area contributed by atoms with Gasteiger partial charge in [-0.25, -0.2) is 0 Å². The predicted molar refractivity (Wildman–Crippen MR) is 130 cm³/mol. The smallest absolute Gasteiger partial charge is 0.306 e. The minimum absolute atomic E-state index is 0.00820. The van der Waals surface area contributed by atoms with Gasteiger partial charge in [-0.1, -0.05) is 26.0 Å². The topological polar surface area (TPSA) is 191 Å². The van der Waals surface area contributed by atoms with Crippen molar-refractivity contribution >= 4 is 17.5 Å². The fourth-order valence-corrected chi connectivity index (χ4v) is 6.18. The van der Waals surface area contributed by atoms with Crippen molar-refractivity contribution in [2.24, 2.45) is 17.6 Å². The molecule has 0 fully saturated rings. The standard InChI is InChI=1S/C26H32N2O9/c1-5-7-13(30)37-22-14-10(2)11-8-6-9-12(29)15(11)20(31)16(14)23(33)26(36)18(22)19(28(3)4)21(32)17(24(26)34)25(27)35/h6,8-10,14,18-19,22,25,29,32-33,35-36H,5,7,27H2,1-4H3/t10-,14+,18+,19-,22-,25?,26-/m0/s1. The normalized spacial score (nSPS) is 32.2. The molecule has 3 aliphatic carbocycles. The van der Waals surface area contributed by atoms with E-state index < -0.39 is 76.4 Å². The van der Waals surface area contributed by atoms with Gasteiger partial charge >= 0.3 is 5.97 Å². The first-order chi connectivity index (χ1) is 17.3. The number of phenolic OH excluding ortho intramolecular Hbond substituents is 1. The van der Waals surface area contributed by atoms with Crippen molar-refractivity contribution in [2.75, 3.05) is 14.1 Å². The number of ether oxygens (including phenoxy) is 1. The number of ketones is 2. The molecule has 0 radical (unpaired) electrons. The lowest BCUT2D eigenvalue weighted by atomic mass is 9.55. The molecule has 11 nitrogen and oxygen atoms in total. The average molecular weight is 517 g/mol. The van der Waals surface area contributed by atoms with E-state index >= 15 is 0 Å². The van der Waals surface area contributed by atoms with Gasteiger partial charge in [-0.3, -0.25) is 19.3 Å². The van der Waals surface area contributed by atoms with Gasteiger partial charge in [-0.2, -0.15) is 0 Å². The van der Waals surface area contributed by atoms with E-state index in [2.05, 4.69) is 0 Å². The second-order valence-corrected chi connectivity index (χ2v) is 10.1. The quantitative estimate of drug-likeness (QED) is 0.240. The molecule has 4 rings (SSSR count). The maximum Gasteiger partial charge on any atom is 0.306 e. The van der Waals surface area contributed by atoms with E-state index in [1.807, 2.05) is 0 Å². The monoisotopic (exact) mass is 516 g/mol. The molecule has 200 valence electrons. The number of benzene rings is 1. The minimum Gasteiger partial charge on any atom is -0.510 e. The molecule has 1 aromatic rings. The lowest BCUT2D eigenvalue weighted by Gasteiger charge is -2.54. The van der Waals surface area contributed by atoms with Gasteiger partial charge in [-0.15, -0.1) is 0 Å². The van der Waals surface area contributed by atoms with Crippen molar-refractivity contribution in [3.8, 4) is 5.75 Å². The lowest BCUT2D eigenvalue weighted by Crippen LogP contribution is -2.69. The molecule has 0 heterocycles. The Morgan fingerprint density at radius 1 is 1.22 bits per heavy atom. The summed E-state index contributed by atoms with van der Waals surface area (Å²) in [5.74, 6) is -7.90. The highest BCUT2D eigenvalue weighted by Gasteiger charge is 2.68. The number of esters is 1. The molecule has 0 aromatic heterocycles. The second kappa shape index (κ2) is 9.25. The van der Waals surface area contributed by atoms with Crippen LogP contribution >= 0.6 is 0 Å². The molecule has 0 amide bonds. The zero-order valence-electron chi connectivity index (χ0n) is 21.0. The van der Waals surface area contributed by atoms with Gasteiger partial charge in [0.25, 0.3) is 0 Å². The molecular weight excluding hydrogens is 484 g/mol. The van der Waals surface area contributed by atoms with Crippen LogP contribution in [0.2, 0.25) is 0 Å². The molecule has 37 heavy (non-hydrogen) atoms. The van der Waals surface area contributed by atoms with Gasteiger partial charge in [-0.05, 0) is 38.1 Å². The zero-order valence-corrected chi connectivity index (χ0v) is 21.0. The first-order valence-corrected chi connectivity index (χ1v) is 12.1. The average Bonchev–Trinajstić information content (AvgIpc) is 2.80. The highest BCUT2D eigenvalue weighted by atomic mass is 16.5. The molecular formula is C26H32N2O9. The molecule has 7 N–H and O–H groups in total. The maximum atomic E-state index is 13.7. The largest absolute Gasteiger partial charge is 0.510 e. The Morgan fingerprint density at radius 3 is 2.43 bits per heavy atom. The number of rotatable bonds is 5. The van der Waals surface area contributed by atoms with Gasteiger partial charge in [0.1, 0.15) is 29.6 Å². The van der Waals surface area contributed by atoms with Gasteiger partial charge in [0, 0.05) is 17.9 Å². The van der Waals surface area contributed by atoms with Crippen molar-refractivity contribution in [1.29, 1.82) is 0 Å². The summed E-state index contributed by atoms with van der Waals surface area (Å²) in [7, 11) is 3.06. The number of phenols is 1. The Balaban J connectivity index is 2.08. The number of hydrogen-bond donors (Lipinski definition) is 6. The number of aromatic hydroxyl groups is 1. The fraction of sp³-hybridized carbons (Fsp3) is 0.500. The van der Waals surface area contributed by atoms with Crippen LogP contribution < -0.4 is 5.73 Å². The molecule has 11 heteroatoms. The zero-order chi connectivity index (χ0) is 27.6. The molecule has 0 saturated heterocycles. The molecule has 3 aliphatic rings. The van der Waals surface area contributed by atoms with E-state index in [-0.39, 0.29) is 23.3 Å². The first kappa shape index (κ1) is 26.8. The highest BCUT2D eigenvalue weighted by molar-refractivity contribution is 6.16. The van der Waals surface area contributed by atoms with Gasteiger partial charge in [0.15, 0.2) is 11.4 Å². The number of nitrogens with two attached hydrogens (primary N) is 1. The number of likely N-dealkylation sites (N-methyl/N-ethyl adjacent to an activating group) is 1. The van der Waals surface area contributed by atoms with Crippen molar-refractivity contribution in [3.63, 3.8) is 0 Å². The van der Waals surface area contributed by atoms with Crippen molar-refractivity contribution in [1.82, 2.24) is 4.90 Å². The number of nitrogens with zero attached hydrogens (tertiary/aromatic N) is 1. The Morgan fingerprint density at radius 2 is 1.86 bits per heavy atom. The Bertz CT molecular complexity index is 1230. The van der Waals surface area contributed by atoms with Crippen LogP contribution in [0, 0.1) is 11.8 Å². The van der Waals surface area contributed by atoms with E-state index in [9.17, 15) is 39.9 Å². The third-order valence-electron chi connectivity index (χ3n) is 7.78. The highest BCUT2D eigenvalue weighted by Crippen LogP contribution is 2.56. The van der Waals surface area contributed by atoms with Crippen LogP contribution in [0.3, 0.4) is 0 Å². The Hall–Kier alpha value is -3.25. The summed E-state index contributed by atoms with van der Waals surface area (Å²) in [5, 5.41) is 55.1. The summed E-state index contributed by atoms with van der Waals surface area (Å²) in [5.41, 5.74) is 1.91. The SMILES string of the molecule is CCCC(=O)O[C@H]1[C@H]2C(=C(O)[C@]3(O)C(=O)C(C(N)O)=C(O)[C@@H](N(C)C)[C@H]13)C(=O)c1c(O)cccc1[C@@H]2C. The summed E-state index contributed by atoms with van der Waals surface area (Å²) in [4.78, 5) is 41.6. The summed E-state index contributed by atoms with van der Waals surface area (Å²) in [6.45, 7) is 3.48. The third kappa shape index (κ3) is 3.68. The molecule has 0 bridgehead atoms. The molecule has 1 aromatic carbocycles. The Labute approximate surface area is 213 Å². The third-order valence-corrected chi connectivity index (χ3v) is 7.78. The lowest BCUT2D eigenvalue weighted by molar-refractivity contribution is -0.181. The van der Waals surface area contributed by atoms with Crippen LogP contribution in [-0.2, 0) is 14.3 Å². The van der Waals surface area contributed by atoms with Gasteiger partial charge < -0.3 is 36.0 Å². The predicted octanol–water partition coefficient (Wildman–Crippen LogP) is 0.795. The molecule has 0 aliphatic heterocycles. The van der Waals surface area contributed by atoms with Crippen LogP contribution in [0.4, 0.5) is 0 Å². The van der Waals surface area contributed by atoms with E-state index in [1.165, 1.54) is 25.1 Å². The van der Waals surface area contributed by atoms with Crippen LogP contribution in [0.15, 0.2) is 40.9 Å². The summed E-state index contributed by atoms with van der Waals surface area (Å²) >= 11 is 0. The van der Waals surface area contributed by atoms with Crippen molar-refractivity contribution in [3.05, 3.63) is 52.0 Å². The number of aliphatic hydroxyl groups is 4. The Kier molecular flexibility index (Phi) is 6.70. The second-order valence-electron chi connectivity index (χ2n) is 10.1. The molecule has 7 atom stereocenters. The number of hydrogen-bond acceptors (Lipinski definition) is 11. The van der Waals surface area contributed by atoms with Crippen molar-refractivity contribution in [2.45, 2.75) is 56.6 Å². The number of carbonyl (C=O) groups is 3. The van der Waals surface area contributed by atoms with Gasteiger partial charge in [0.2, 0.25) is 5.78 Å². The minimum atomic E-state index is -2.88. The van der Waals surface area contributed by atoms with Gasteiger partial charge in [0.05, 0.1) is 23.1 Å².